The molecular weight excluding hydrogens is 394 g/mol. The van der Waals surface area contributed by atoms with Crippen LogP contribution in [0.3, 0.4) is 0 Å². The van der Waals surface area contributed by atoms with Crippen molar-refractivity contribution < 1.29 is 13.2 Å². The molecule has 0 unspecified atom stereocenters. The second kappa shape index (κ2) is 9.35. The Kier molecular flexibility index (Phi) is 7.09. The van der Waals surface area contributed by atoms with Crippen LogP contribution in [0.25, 0.3) is 0 Å². The van der Waals surface area contributed by atoms with Gasteiger partial charge < -0.3 is 10.1 Å². The van der Waals surface area contributed by atoms with Crippen molar-refractivity contribution in [3.63, 3.8) is 0 Å². The Labute approximate surface area is 172 Å². The van der Waals surface area contributed by atoms with E-state index in [9.17, 15) is 8.42 Å². The zero-order valence-electron chi connectivity index (χ0n) is 16.6. The number of hydrogen-bond acceptors (Lipinski definition) is 6. The molecular formula is C20H29N3O3S2. The standard InChI is InChI=1S/C20H29N3O3S2/c1-3-15-28(24,25)23-12-9-20(10-13-23,17-7-5-4-6-8-17)18-16-27-19(22-18)21-11-14-26-2/h4-8,16H,3,9-15H2,1-2H3,(H,21,22). The van der Waals surface area contributed by atoms with Crippen molar-refractivity contribution in [3.8, 4) is 0 Å². The quantitative estimate of drug-likeness (QED) is 0.627. The van der Waals surface area contributed by atoms with Crippen LogP contribution in [0, 0.1) is 0 Å². The smallest absolute Gasteiger partial charge is 0.214 e. The molecule has 0 spiro atoms. The van der Waals surface area contributed by atoms with E-state index in [1.54, 1.807) is 22.8 Å². The van der Waals surface area contributed by atoms with E-state index in [0.29, 0.717) is 32.7 Å². The van der Waals surface area contributed by atoms with Crippen molar-refractivity contribution in [2.75, 3.05) is 44.4 Å². The molecule has 0 saturated carbocycles. The van der Waals surface area contributed by atoms with Crippen LogP contribution in [-0.2, 0) is 20.2 Å². The average Bonchev–Trinajstić information content (AvgIpc) is 3.18. The van der Waals surface area contributed by atoms with Crippen LogP contribution in [0.2, 0.25) is 0 Å². The van der Waals surface area contributed by atoms with E-state index in [2.05, 4.69) is 22.8 Å². The fourth-order valence-corrected chi connectivity index (χ4v) is 6.17. The number of aromatic nitrogens is 1. The summed E-state index contributed by atoms with van der Waals surface area (Å²) >= 11 is 1.59. The van der Waals surface area contributed by atoms with E-state index < -0.39 is 10.0 Å². The predicted octanol–water partition coefficient (Wildman–Crippen LogP) is 3.32. The van der Waals surface area contributed by atoms with Gasteiger partial charge in [0.05, 0.1) is 18.1 Å². The Hall–Kier alpha value is -1.48. The third-order valence-electron chi connectivity index (χ3n) is 5.33. The molecule has 8 heteroatoms. The first-order valence-corrected chi connectivity index (χ1v) is 12.2. The van der Waals surface area contributed by atoms with Gasteiger partial charge in [0.1, 0.15) is 0 Å². The number of ether oxygens (including phenoxy) is 1. The van der Waals surface area contributed by atoms with Crippen LogP contribution in [-0.4, -0.2) is 56.8 Å². The fraction of sp³-hybridized carbons (Fsp3) is 0.550. The SMILES string of the molecule is CCCS(=O)(=O)N1CCC(c2ccccc2)(c2csc(NCCOC)n2)CC1. The number of anilines is 1. The molecule has 2 aromatic rings. The molecule has 1 fully saturated rings. The van der Waals surface area contributed by atoms with Crippen LogP contribution in [0.15, 0.2) is 35.7 Å². The number of benzene rings is 1. The molecule has 1 aliphatic rings. The van der Waals surface area contributed by atoms with Crippen LogP contribution in [0.4, 0.5) is 5.13 Å². The topological polar surface area (TPSA) is 71.5 Å². The number of rotatable bonds is 9. The number of hydrogen-bond donors (Lipinski definition) is 1. The van der Waals surface area contributed by atoms with Gasteiger partial charge in [0.25, 0.3) is 0 Å². The average molecular weight is 424 g/mol. The van der Waals surface area contributed by atoms with Gasteiger partial charge in [-0.15, -0.1) is 11.3 Å². The first-order chi connectivity index (χ1) is 13.5. The van der Waals surface area contributed by atoms with Gasteiger partial charge in [0, 0.05) is 37.5 Å². The maximum atomic E-state index is 12.5. The third kappa shape index (κ3) is 4.56. The minimum Gasteiger partial charge on any atom is -0.383 e. The van der Waals surface area contributed by atoms with Gasteiger partial charge in [0.2, 0.25) is 10.0 Å². The summed E-state index contributed by atoms with van der Waals surface area (Å²) < 4.78 is 31.8. The van der Waals surface area contributed by atoms with Crippen molar-refractivity contribution >= 4 is 26.5 Å². The van der Waals surface area contributed by atoms with E-state index in [0.717, 1.165) is 23.7 Å². The lowest BCUT2D eigenvalue weighted by Crippen LogP contribution is -2.46. The molecule has 28 heavy (non-hydrogen) atoms. The van der Waals surface area contributed by atoms with Gasteiger partial charge in [-0.1, -0.05) is 37.3 Å². The summed E-state index contributed by atoms with van der Waals surface area (Å²) in [6.45, 7) is 4.30. The monoisotopic (exact) mass is 423 g/mol. The molecule has 1 aliphatic heterocycles. The Bertz CT molecular complexity index is 845. The molecule has 0 amide bonds. The Morgan fingerprint density at radius 3 is 2.61 bits per heavy atom. The Morgan fingerprint density at radius 1 is 1.25 bits per heavy atom. The maximum absolute atomic E-state index is 12.5. The fourth-order valence-electron chi connectivity index (χ4n) is 3.82. The van der Waals surface area contributed by atoms with Crippen molar-refractivity contribution in [2.45, 2.75) is 31.6 Å². The van der Waals surface area contributed by atoms with Gasteiger partial charge in [-0.05, 0) is 24.8 Å². The number of thiazole rings is 1. The van der Waals surface area contributed by atoms with E-state index >= 15 is 0 Å². The van der Waals surface area contributed by atoms with E-state index in [1.807, 2.05) is 25.1 Å². The Balaban J connectivity index is 1.86. The molecule has 3 rings (SSSR count). The predicted molar refractivity (Wildman–Crippen MR) is 115 cm³/mol. The summed E-state index contributed by atoms with van der Waals surface area (Å²) in [5.74, 6) is 0.218. The third-order valence-corrected chi connectivity index (χ3v) is 8.21. The highest BCUT2D eigenvalue weighted by molar-refractivity contribution is 7.89. The van der Waals surface area contributed by atoms with Crippen molar-refractivity contribution in [2.24, 2.45) is 0 Å². The highest BCUT2D eigenvalue weighted by Crippen LogP contribution is 2.43. The normalized spacial score (nSPS) is 17.5. The van der Waals surface area contributed by atoms with Crippen LogP contribution in [0.1, 0.15) is 37.4 Å². The maximum Gasteiger partial charge on any atom is 0.214 e. The van der Waals surface area contributed by atoms with Crippen LogP contribution < -0.4 is 5.32 Å². The van der Waals surface area contributed by atoms with Gasteiger partial charge >= 0.3 is 0 Å². The summed E-state index contributed by atoms with van der Waals surface area (Å²) in [6.07, 6.45) is 2.12. The van der Waals surface area contributed by atoms with Crippen molar-refractivity contribution in [3.05, 3.63) is 47.0 Å². The second-order valence-corrected chi connectivity index (χ2v) is 10.1. The summed E-state index contributed by atoms with van der Waals surface area (Å²) in [4.78, 5) is 4.86. The van der Waals surface area contributed by atoms with E-state index in [1.165, 1.54) is 5.56 Å². The number of nitrogens with one attached hydrogen (secondary N) is 1. The van der Waals surface area contributed by atoms with Crippen LogP contribution in [0.5, 0.6) is 0 Å². The molecule has 1 saturated heterocycles. The van der Waals surface area contributed by atoms with Crippen molar-refractivity contribution in [1.82, 2.24) is 9.29 Å². The largest absolute Gasteiger partial charge is 0.383 e. The van der Waals surface area contributed by atoms with Crippen LogP contribution >= 0.6 is 11.3 Å². The molecule has 0 aliphatic carbocycles. The lowest BCUT2D eigenvalue weighted by molar-refractivity contribution is 0.210. The van der Waals surface area contributed by atoms with E-state index in [-0.39, 0.29) is 11.2 Å². The van der Waals surface area contributed by atoms with Crippen molar-refractivity contribution in [1.29, 1.82) is 0 Å². The zero-order chi connectivity index (χ0) is 20.0. The molecule has 1 N–H and O–H groups in total. The number of piperidine rings is 1. The highest BCUT2D eigenvalue weighted by atomic mass is 32.2. The minimum atomic E-state index is -3.17. The molecule has 1 aromatic heterocycles. The lowest BCUT2D eigenvalue weighted by Gasteiger charge is -2.40. The molecule has 154 valence electrons. The summed E-state index contributed by atoms with van der Waals surface area (Å²) in [7, 11) is -1.49. The molecule has 2 heterocycles. The molecule has 0 atom stereocenters. The number of nitrogens with zero attached hydrogens (tertiary/aromatic N) is 2. The summed E-state index contributed by atoms with van der Waals surface area (Å²) in [6, 6.07) is 10.4. The lowest BCUT2D eigenvalue weighted by atomic mass is 9.71. The van der Waals surface area contributed by atoms with Gasteiger partial charge in [-0.2, -0.15) is 0 Å². The molecule has 6 nitrogen and oxygen atoms in total. The summed E-state index contributed by atoms with van der Waals surface area (Å²) in [5, 5.41) is 6.29. The molecule has 0 radical (unpaired) electrons. The number of sulfonamides is 1. The first kappa shape index (κ1) is 21.2. The summed E-state index contributed by atoms with van der Waals surface area (Å²) in [5.41, 5.74) is 1.98. The van der Waals surface area contributed by atoms with Gasteiger partial charge in [0.15, 0.2) is 5.13 Å². The number of methoxy groups -OCH3 is 1. The first-order valence-electron chi connectivity index (χ1n) is 9.74. The Morgan fingerprint density at radius 2 is 1.96 bits per heavy atom. The molecule has 0 bridgehead atoms. The highest BCUT2D eigenvalue weighted by Gasteiger charge is 2.42. The molecule has 1 aromatic carbocycles. The van der Waals surface area contributed by atoms with Gasteiger partial charge in [-0.25, -0.2) is 17.7 Å². The zero-order valence-corrected chi connectivity index (χ0v) is 18.2. The second-order valence-electron chi connectivity index (χ2n) is 7.12. The van der Waals surface area contributed by atoms with E-state index in [4.69, 9.17) is 9.72 Å². The minimum absolute atomic E-state index is 0.218. The van der Waals surface area contributed by atoms with Gasteiger partial charge in [-0.3, -0.25) is 0 Å².